The minimum atomic E-state index is -0.290. The van der Waals surface area contributed by atoms with Crippen LogP contribution in [0.4, 0.5) is 11.7 Å². The third-order valence-corrected chi connectivity index (χ3v) is 2.50. The molecule has 1 amide bonds. The van der Waals surface area contributed by atoms with Crippen molar-refractivity contribution in [3.8, 4) is 0 Å². The summed E-state index contributed by atoms with van der Waals surface area (Å²) in [6, 6.07) is 1.97. The van der Waals surface area contributed by atoms with Crippen molar-refractivity contribution < 1.29 is 9.21 Å². The predicted molar refractivity (Wildman–Crippen MR) is 68.4 cm³/mol. The quantitative estimate of drug-likeness (QED) is 0.871. The first kappa shape index (κ1) is 12.2. The maximum Gasteiger partial charge on any atom is 0.301 e. The second-order valence-electron chi connectivity index (χ2n) is 4.41. The minimum Gasteiger partial charge on any atom is -0.432 e. The average molecular weight is 248 g/mol. The van der Waals surface area contributed by atoms with Crippen molar-refractivity contribution in [2.75, 3.05) is 11.1 Å². The van der Waals surface area contributed by atoms with Crippen molar-refractivity contribution in [1.82, 2.24) is 9.55 Å². The summed E-state index contributed by atoms with van der Waals surface area (Å²) in [6.07, 6.45) is 3.21. The molecule has 0 spiro atoms. The summed E-state index contributed by atoms with van der Waals surface area (Å²) in [7, 11) is 0. The van der Waals surface area contributed by atoms with E-state index in [1.54, 1.807) is 23.8 Å². The van der Waals surface area contributed by atoms with Crippen LogP contribution in [0.25, 0.3) is 0 Å². The molecule has 3 N–H and O–H groups in total. The van der Waals surface area contributed by atoms with Gasteiger partial charge in [0.1, 0.15) is 12.0 Å². The van der Waals surface area contributed by atoms with E-state index in [-0.39, 0.29) is 18.0 Å². The van der Waals surface area contributed by atoms with Crippen LogP contribution in [-0.4, -0.2) is 15.5 Å². The molecule has 0 fully saturated rings. The number of nitrogens with two attached hydrogens (primary N) is 1. The summed E-state index contributed by atoms with van der Waals surface area (Å²) in [5, 5.41) is 2.59. The van der Waals surface area contributed by atoms with Gasteiger partial charge in [-0.15, -0.1) is 0 Å². The maximum atomic E-state index is 12.1. The molecule has 0 saturated carbocycles. The van der Waals surface area contributed by atoms with Crippen LogP contribution in [0, 0.1) is 6.92 Å². The largest absolute Gasteiger partial charge is 0.432 e. The Morgan fingerprint density at radius 1 is 1.56 bits per heavy atom. The standard InChI is InChI=1S/C12H16N4O2/c1-7(2)16-5-9(13)4-10(16)11(17)15-12-14-8(3)6-18-12/h4-7H,13H2,1-3H3,(H,14,15,17). The Kier molecular flexibility index (Phi) is 3.10. The molecule has 0 radical (unpaired) electrons. The predicted octanol–water partition coefficient (Wildman–Crippen LogP) is 2.20. The van der Waals surface area contributed by atoms with Gasteiger partial charge < -0.3 is 14.7 Å². The van der Waals surface area contributed by atoms with Gasteiger partial charge in [0.15, 0.2) is 0 Å². The number of aryl methyl sites for hydroxylation is 1. The summed E-state index contributed by atoms with van der Waals surface area (Å²) in [4.78, 5) is 16.1. The highest BCUT2D eigenvalue weighted by atomic mass is 16.4. The van der Waals surface area contributed by atoms with Crippen molar-refractivity contribution in [2.24, 2.45) is 0 Å². The molecule has 0 saturated heterocycles. The van der Waals surface area contributed by atoms with E-state index in [1.807, 2.05) is 13.8 Å². The van der Waals surface area contributed by atoms with E-state index in [2.05, 4.69) is 10.3 Å². The number of aromatic nitrogens is 2. The molecular formula is C12H16N4O2. The number of hydrogen-bond acceptors (Lipinski definition) is 4. The lowest BCUT2D eigenvalue weighted by molar-refractivity contribution is 0.101. The van der Waals surface area contributed by atoms with Gasteiger partial charge in [-0.3, -0.25) is 10.1 Å². The Bertz CT molecular complexity index is 568. The number of carbonyl (C=O) groups excluding carboxylic acids is 1. The van der Waals surface area contributed by atoms with Crippen LogP contribution in [-0.2, 0) is 0 Å². The van der Waals surface area contributed by atoms with Crippen LogP contribution >= 0.6 is 0 Å². The summed E-state index contributed by atoms with van der Waals surface area (Å²) in [5.41, 5.74) is 7.46. The van der Waals surface area contributed by atoms with Gasteiger partial charge >= 0.3 is 6.01 Å². The van der Waals surface area contributed by atoms with Gasteiger partial charge in [-0.25, -0.2) is 0 Å². The van der Waals surface area contributed by atoms with E-state index in [0.29, 0.717) is 17.1 Å². The van der Waals surface area contributed by atoms with Crippen molar-refractivity contribution in [2.45, 2.75) is 26.8 Å². The summed E-state index contributed by atoms with van der Waals surface area (Å²) in [6.45, 7) is 5.74. The molecular weight excluding hydrogens is 232 g/mol. The minimum absolute atomic E-state index is 0.148. The van der Waals surface area contributed by atoms with Gasteiger partial charge in [-0.2, -0.15) is 4.98 Å². The van der Waals surface area contributed by atoms with Gasteiger partial charge in [0.25, 0.3) is 5.91 Å². The number of carbonyl (C=O) groups is 1. The Morgan fingerprint density at radius 2 is 2.28 bits per heavy atom. The molecule has 2 rings (SSSR count). The molecule has 0 aliphatic rings. The van der Waals surface area contributed by atoms with E-state index in [9.17, 15) is 4.79 Å². The molecule has 0 bridgehead atoms. The first-order valence-electron chi connectivity index (χ1n) is 5.68. The lowest BCUT2D eigenvalue weighted by Gasteiger charge is -2.11. The summed E-state index contributed by atoms with van der Waals surface area (Å²) >= 11 is 0. The number of oxazole rings is 1. The normalized spacial score (nSPS) is 10.9. The van der Waals surface area contributed by atoms with Crippen LogP contribution in [0.15, 0.2) is 22.9 Å². The molecule has 6 heteroatoms. The van der Waals surface area contributed by atoms with E-state index >= 15 is 0 Å². The molecule has 0 aliphatic carbocycles. The molecule has 0 aliphatic heterocycles. The highest BCUT2D eigenvalue weighted by molar-refractivity contribution is 6.02. The fraction of sp³-hybridized carbons (Fsp3) is 0.333. The molecule has 6 nitrogen and oxygen atoms in total. The van der Waals surface area contributed by atoms with E-state index < -0.39 is 0 Å². The topological polar surface area (TPSA) is 86.1 Å². The average Bonchev–Trinajstić information content (AvgIpc) is 2.85. The van der Waals surface area contributed by atoms with Gasteiger partial charge in [0.2, 0.25) is 0 Å². The Labute approximate surface area is 105 Å². The monoisotopic (exact) mass is 248 g/mol. The van der Waals surface area contributed by atoms with E-state index in [4.69, 9.17) is 10.2 Å². The molecule has 2 aromatic heterocycles. The number of nitrogens with zero attached hydrogens (tertiary/aromatic N) is 2. The zero-order valence-corrected chi connectivity index (χ0v) is 10.6. The third-order valence-electron chi connectivity index (χ3n) is 2.50. The van der Waals surface area contributed by atoms with Crippen LogP contribution in [0.1, 0.15) is 36.1 Å². The fourth-order valence-corrected chi connectivity index (χ4v) is 1.68. The number of hydrogen-bond donors (Lipinski definition) is 2. The number of nitrogens with one attached hydrogen (secondary N) is 1. The van der Waals surface area contributed by atoms with Crippen molar-refractivity contribution >= 4 is 17.6 Å². The molecule has 18 heavy (non-hydrogen) atoms. The zero-order valence-electron chi connectivity index (χ0n) is 10.6. The lowest BCUT2D eigenvalue weighted by atomic mass is 10.3. The number of nitrogen functional groups attached to an aromatic ring is 1. The first-order chi connectivity index (χ1) is 8.47. The van der Waals surface area contributed by atoms with Crippen molar-refractivity contribution in [1.29, 1.82) is 0 Å². The van der Waals surface area contributed by atoms with Crippen LogP contribution in [0.5, 0.6) is 0 Å². The lowest BCUT2D eigenvalue weighted by Crippen LogP contribution is -2.17. The second-order valence-corrected chi connectivity index (χ2v) is 4.41. The Balaban J connectivity index is 2.23. The summed E-state index contributed by atoms with van der Waals surface area (Å²) in [5.74, 6) is -0.290. The number of rotatable bonds is 3. The smallest absolute Gasteiger partial charge is 0.301 e. The highest BCUT2D eigenvalue weighted by Gasteiger charge is 2.16. The van der Waals surface area contributed by atoms with Gasteiger partial charge in [0, 0.05) is 12.2 Å². The SMILES string of the molecule is Cc1coc(NC(=O)c2cc(N)cn2C(C)C)n1. The molecule has 96 valence electrons. The van der Waals surface area contributed by atoms with E-state index in [0.717, 1.165) is 0 Å². The van der Waals surface area contributed by atoms with Gasteiger partial charge in [-0.1, -0.05) is 0 Å². The Hall–Kier alpha value is -2.24. The third kappa shape index (κ3) is 2.37. The maximum absolute atomic E-state index is 12.1. The molecule has 0 unspecified atom stereocenters. The highest BCUT2D eigenvalue weighted by Crippen LogP contribution is 2.18. The van der Waals surface area contributed by atoms with Gasteiger partial charge in [-0.05, 0) is 26.8 Å². The molecule has 2 aromatic rings. The van der Waals surface area contributed by atoms with Gasteiger partial charge in [0.05, 0.1) is 11.4 Å². The van der Waals surface area contributed by atoms with Crippen LogP contribution in [0.3, 0.4) is 0 Å². The van der Waals surface area contributed by atoms with Crippen LogP contribution in [0.2, 0.25) is 0 Å². The molecule has 2 heterocycles. The summed E-state index contributed by atoms with van der Waals surface area (Å²) < 4.78 is 6.89. The first-order valence-corrected chi connectivity index (χ1v) is 5.68. The molecule has 0 aromatic carbocycles. The van der Waals surface area contributed by atoms with Crippen molar-refractivity contribution in [3.63, 3.8) is 0 Å². The second kappa shape index (κ2) is 4.56. The van der Waals surface area contributed by atoms with E-state index in [1.165, 1.54) is 6.26 Å². The van der Waals surface area contributed by atoms with Crippen molar-refractivity contribution in [3.05, 3.63) is 29.9 Å². The Morgan fingerprint density at radius 3 is 2.83 bits per heavy atom. The number of anilines is 2. The molecule has 0 atom stereocenters. The van der Waals surface area contributed by atoms with Crippen LogP contribution < -0.4 is 11.1 Å². The number of amides is 1. The fourth-order valence-electron chi connectivity index (χ4n) is 1.68. The zero-order chi connectivity index (χ0) is 13.3.